The molecule has 2 aliphatic heterocycles. The van der Waals surface area contributed by atoms with E-state index in [0.717, 1.165) is 13.0 Å². The van der Waals surface area contributed by atoms with Gasteiger partial charge in [0.15, 0.2) is 6.29 Å². The fraction of sp³-hybridized carbons (Fsp3) is 1.00. The van der Waals surface area contributed by atoms with Crippen molar-refractivity contribution >= 4 is 11.8 Å². The second-order valence-electron chi connectivity index (χ2n) is 11.4. The van der Waals surface area contributed by atoms with Crippen LogP contribution in [0.25, 0.3) is 0 Å². The standard InChI is InChI=1S/C30H58O13S/c1-2-3-4-5-6-7-8-9-10-11-12-38-13-14-39-15-16-40-17-18-44-30-27(37)25(35)28(22(20-32)42-30)43-29-26(36)24(34)23(33)21(19-31)41-29/h21-37H,2-20H2,1H3/t21-,22-,23+,24+,25-,26-,27-,28-,29+,30+/m1/s1. The highest BCUT2D eigenvalue weighted by atomic mass is 32.2. The van der Waals surface area contributed by atoms with Gasteiger partial charge in [0.05, 0.1) is 46.2 Å². The van der Waals surface area contributed by atoms with Crippen LogP contribution in [0.3, 0.4) is 0 Å². The zero-order valence-corrected chi connectivity index (χ0v) is 27.0. The topological polar surface area (TPSA) is 197 Å². The lowest BCUT2D eigenvalue weighted by molar-refractivity contribution is -0.338. The maximum Gasteiger partial charge on any atom is 0.187 e. The minimum Gasteiger partial charge on any atom is -0.394 e. The van der Waals surface area contributed by atoms with Crippen LogP contribution in [-0.4, -0.2) is 155 Å². The highest BCUT2D eigenvalue weighted by Gasteiger charge is 2.50. The fourth-order valence-corrected chi connectivity index (χ4v) is 6.18. The Balaban J connectivity index is 1.49. The van der Waals surface area contributed by atoms with Crippen LogP contribution in [0.1, 0.15) is 71.1 Å². The van der Waals surface area contributed by atoms with Crippen molar-refractivity contribution in [2.45, 2.75) is 132 Å². The Kier molecular flexibility index (Phi) is 21.9. The van der Waals surface area contributed by atoms with Gasteiger partial charge in [-0.2, -0.15) is 0 Å². The van der Waals surface area contributed by atoms with Crippen LogP contribution >= 0.6 is 11.8 Å². The van der Waals surface area contributed by atoms with Gasteiger partial charge in [0.25, 0.3) is 0 Å². The Morgan fingerprint density at radius 1 is 0.545 bits per heavy atom. The van der Waals surface area contributed by atoms with Crippen molar-refractivity contribution in [3.05, 3.63) is 0 Å². The molecular formula is C30H58O13S. The predicted octanol–water partition coefficient (Wildman–Crippen LogP) is 0.314. The first kappa shape index (κ1) is 40.0. The minimum absolute atomic E-state index is 0.348. The van der Waals surface area contributed by atoms with Gasteiger partial charge in [0, 0.05) is 12.4 Å². The predicted molar refractivity (Wildman–Crippen MR) is 163 cm³/mol. The van der Waals surface area contributed by atoms with Gasteiger partial charge in [0.1, 0.15) is 54.3 Å². The second kappa shape index (κ2) is 24.0. The second-order valence-corrected chi connectivity index (χ2v) is 12.6. The number of rotatable bonds is 25. The molecule has 44 heavy (non-hydrogen) atoms. The van der Waals surface area contributed by atoms with Crippen LogP contribution in [-0.2, 0) is 28.4 Å². The van der Waals surface area contributed by atoms with E-state index in [0.29, 0.717) is 38.8 Å². The molecule has 0 aromatic rings. The molecule has 13 nitrogen and oxygen atoms in total. The maximum atomic E-state index is 10.7. The number of unbranched alkanes of at least 4 members (excludes halogenated alkanes) is 9. The number of hydrogen-bond donors (Lipinski definition) is 7. The van der Waals surface area contributed by atoms with E-state index >= 15 is 0 Å². The molecule has 0 radical (unpaired) electrons. The number of aliphatic hydroxyl groups excluding tert-OH is 7. The van der Waals surface area contributed by atoms with Crippen molar-refractivity contribution in [3.63, 3.8) is 0 Å². The summed E-state index contributed by atoms with van der Waals surface area (Å²) in [6.07, 6.45) is -0.0519. The number of thioether (sulfide) groups is 1. The highest BCUT2D eigenvalue weighted by Crippen LogP contribution is 2.32. The summed E-state index contributed by atoms with van der Waals surface area (Å²) >= 11 is 1.20. The average molecular weight is 659 g/mol. The van der Waals surface area contributed by atoms with Gasteiger partial charge < -0.3 is 64.2 Å². The average Bonchev–Trinajstić information content (AvgIpc) is 3.03. The molecule has 0 aromatic heterocycles. The SMILES string of the molecule is CCCCCCCCCCCCOCCOCCOCCS[C@@H]1O[C@H](CO)[C@@H](O[C@@H]2O[C@H](CO)[C@H](O)[C@H](O)[C@H]2O)[C@H](O)[C@H]1O. The third-order valence-electron chi connectivity index (χ3n) is 7.86. The maximum absolute atomic E-state index is 10.7. The van der Waals surface area contributed by atoms with Crippen LogP contribution < -0.4 is 0 Å². The van der Waals surface area contributed by atoms with Crippen LogP contribution in [0.4, 0.5) is 0 Å². The van der Waals surface area contributed by atoms with Crippen molar-refractivity contribution in [3.8, 4) is 0 Å². The van der Waals surface area contributed by atoms with Crippen molar-refractivity contribution in [1.29, 1.82) is 0 Å². The number of aliphatic hydroxyl groups is 7. The van der Waals surface area contributed by atoms with E-state index in [4.69, 9.17) is 28.4 Å². The largest absolute Gasteiger partial charge is 0.394 e. The summed E-state index contributed by atoms with van der Waals surface area (Å²) in [5.41, 5.74) is -0.885. The molecule has 2 heterocycles. The Morgan fingerprint density at radius 2 is 1.09 bits per heavy atom. The van der Waals surface area contributed by atoms with E-state index in [2.05, 4.69) is 6.92 Å². The Labute approximate surface area is 266 Å². The summed E-state index contributed by atoms with van der Waals surface area (Å²) in [4.78, 5) is 0. The molecular weight excluding hydrogens is 600 g/mol. The molecule has 10 atom stereocenters. The van der Waals surface area contributed by atoms with Gasteiger partial charge in [-0.25, -0.2) is 0 Å². The molecule has 0 bridgehead atoms. The molecule has 2 rings (SSSR count). The van der Waals surface area contributed by atoms with Gasteiger partial charge in [-0.15, -0.1) is 11.8 Å². The molecule has 0 aromatic carbocycles. The van der Waals surface area contributed by atoms with E-state index in [1.165, 1.54) is 69.5 Å². The Hall–Kier alpha value is -0.170. The van der Waals surface area contributed by atoms with Gasteiger partial charge >= 0.3 is 0 Å². The lowest BCUT2D eigenvalue weighted by atomic mass is 9.97. The lowest BCUT2D eigenvalue weighted by Crippen LogP contribution is -2.64. The Morgan fingerprint density at radius 3 is 1.68 bits per heavy atom. The van der Waals surface area contributed by atoms with Crippen molar-refractivity contribution < 1.29 is 64.2 Å². The van der Waals surface area contributed by atoms with E-state index in [1.807, 2.05) is 0 Å². The van der Waals surface area contributed by atoms with E-state index in [9.17, 15) is 35.7 Å². The molecule has 2 saturated heterocycles. The van der Waals surface area contributed by atoms with E-state index < -0.39 is 73.8 Å². The fourth-order valence-electron chi connectivity index (χ4n) is 5.15. The molecule has 0 unspecified atom stereocenters. The first-order valence-electron chi connectivity index (χ1n) is 16.3. The monoisotopic (exact) mass is 658 g/mol. The van der Waals surface area contributed by atoms with Crippen molar-refractivity contribution in [1.82, 2.24) is 0 Å². The molecule has 7 N–H and O–H groups in total. The molecule has 2 aliphatic rings. The highest BCUT2D eigenvalue weighted by molar-refractivity contribution is 7.99. The minimum atomic E-state index is -1.70. The third-order valence-corrected chi connectivity index (χ3v) is 8.98. The summed E-state index contributed by atoms with van der Waals surface area (Å²) in [7, 11) is 0. The molecule has 2 fully saturated rings. The molecule has 0 aliphatic carbocycles. The van der Waals surface area contributed by atoms with E-state index in [1.54, 1.807) is 0 Å². The summed E-state index contributed by atoms with van der Waals surface area (Å²) in [6, 6.07) is 0. The summed E-state index contributed by atoms with van der Waals surface area (Å²) in [5.74, 6) is 0.437. The number of ether oxygens (including phenoxy) is 6. The molecule has 262 valence electrons. The van der Waals surface area contributed by atoms with Gasteiger partial charge in [0.2, 0.25) is 0 Å². The van der Waals surface area contributed by atoms with Crippen LogP contribution in [0.2, 0.25) is 0 Å². The summed E-state index contributed by atoms with van der Waals surface area (Å²) in [5, 5.41) is 70.6. The summed E-state index contributed by atoms with van der Waals surface area (Å²) in [6.45, 7) is 4.01. The van der Waals surface area contributed by atoms with Gasteiger partial charge in [-0.3, -0.25) is 0 Å². The van der Waals surface area contributed by atoms with Crippen molar-refractivity contribution in [2.75, 3.05) is 58.6 Å². The zero-order valence-electron chi connectivity index (χ0n) is 26.2. The normalized spacial score (nSPS) is 32.7. The molecule has 0 amide bonds. The molecule has 14 heteroatoms. The van der Waals surface area contributed by atoms with Crippen LogP contribution in [0.15, 0.2) is 0 Å². The van der Waals surface area contributed by atoms with Crippen molar-refractivity contribution in [2.24, 2.45) is 0 Å². The quantitative estimate of drug-likeness (QED) is 0.0662. The van der Waals surface area contributed by atoms with Gasteiger partial charge in [-0.05, 0) is 6.42 Å². The smallest absolute Gasteiger partial charge is 0.187 e. The Bertz CT molecular complexity index is 691. The molecule has 0 saturated carbocycles. The van der Waals surface area contributed by atoms with Crippen LogP contribution in [0, 0.1) is 0 Å². The first-order chi connectivity index (χ1) is 21.3. The number of hydrogen-bond acceptors (Lipinski definition) is 14. The zero-order chi connectivity index (χ0) is 32.2. The van der Waals surface area contributed by atoms with Gasteiger partial charge in [-0.1, -0.05) is 64.7 Å². The lowest BCUT2D eigenvalue weighted by Gasteiger charge is -2.46. The first-order valence-corrected chi connectivity index (χ1v) is 17.3. The third kappa shape index (κ3) is 14.3. The summed E-state index contributed by atoms with van der Waals surface area (Å²) < 4.78 is 33.3. The van der Waals surface area contributed by atoms with E-state index in [-0.39, 0.29) is 0 Å². The van der Waals surface area contributed by atoms with Crippen LogP contribution in [0.5, 0.6) is 0 Å². The molecule has 0 spiro atoms.